The summed E-state index contributed by atoms with van der Waals surface area (Å²) in [5.41, 5.74) is 0. The van der Waals surface area contributed by atoms with Crippen molar-refractivity contribution in [3.63, 3.8) is 0 Å². The summed E-state index contributed by atoms with van der Waals surface area (Å²) in [7, 11) is 0. The van der Waals surface area contributed by atoms with Crippen molar-refractivity contribution in [3.8, 4) is 0 Å². The van der Waals surface area contributed by atoms with E-state index in [0.717, 1.165) is 0 Å². The molecule has 4 nitrogen and oxygen atoms in total. The van der Waals surface area contributed by atoms with Gasteiger partial charge < -0.3 is 14.9 Å². The number of rotatable bonds is 4. The molecule has 1 aliphatic rings. The molecule has 0 aliphatic carbocycles. The Hall–Kier alpha value is -0.870. The molecule has 0 spiro atoms. The largest absolute Gasteiger partial charge is 0.481 e. The van der Waals surface area contributed by atoms with Crippen molar-refractivity contribution in [1.82, 2.24) is 0 Å². The van der Waals surface area contributed by atoms with E-state index in [1.807, 2.05) is 0 Å². The van der Waals surface area contributed by atoms with Crippen molar-refractivity contribution in [1.29, 1.82) is 0 Å². The lowest BCUT2D eigenvalue weighted by atomic mass is 9.97. The zero-order chi connectivity index (χ0) is 10.6. The van der Waals surface area contributed by atoms with Gasteiger partial charge in [-0.05, 0) is 12.8 Å². The van der Waals surface area contributed by atoms with Gasteiger partial charge >= 0.3 is 5.97 Å². The molecule has 1 heterocycles. The van der Waals surface area contributed by atoms with Crippen LogP contribution in [0.1, 0.15) is 25.7 Å². The van der Waals surface area contributed by atoms with Gasteiger partial charge in [0.2, 0.25) is 0 Å². The highest BCUT2D eigenvalue weighted by Gasteiger charge is 2.28. The molecular weight excluding hydrogens is 184 g/mol. The number of hydrogen-bond acceptors (Lipinski definition) is 3. The molecule has 0 aromatic carbocycles. The molecule has 1 saturated heterocycles. The number of aliphatic carboxylic acids is 1. The molecule has 14 heavy (non-hydrogen) atoms. The third-order valence-corrected chi connectivity index (χ3v) is 2.29. The Morgan fingerprint density at radius 1 is 1.50 bits per heavy atom. The Kier molecular flexibility index (Phi) is 4.10. The van der Waals surface area contributed by atoms with Crippen molar-refractivity contribution in [2.24, 2.45) is 0 Å². The average Bonchev–Trinajstić information content (AvgIpc) is 2.01. The normalized spacial score (nSPS) is 32.5. The van der Waals surface area contributed by atoms with E-state index in [4.69, 9.17) is 9.84 Å². The zero-order valence-electron chi connectivity index (χ0n) is 8.06. The summed E-state index contributed by atoms with van der Waals surface area (Å²) in [4.78, 5) is 10.5. The SMILES string of the molecule is C=CC[C@@H]1C[C@H](O)C[C@H](CC(=O)O)O1. The second-order valence-corrected chi connectivity index (χ2v) is 3.63. The number of hydrogen-bond donors (Lipinski definition) is 2. The third-order valence-electron chi connectivity index (χ3n) is 2.29. The summed E-state index contributed by atoms with van der Waals surface area (Å²) in [6.45, 7) is 3.59. The van der Waals surface area contributed by atoms with Gasteiger partial charge in [-0.1, -0.05) is 6.08 Å². The molecular formula is C10H16O4. The summed E-state index contributed by atoms with van der Waals surface area (Å²) in [6, 6.07) is 0. The minimum Gasteiger partial charge on any atom is -0.481 e. The maximum Gasteiger partial charge on any atom is 0.305 e. The average molecular weight is 200 g/mol. The van der Waals surface area contributed by atoms with Gasteiger partial charge in [0.1, 0.15) is 0 Å². The van der Waals surface area contributed by atoms with E-state index >= 15 is 0 Å². The molecule has 2 N–H and O–H groups in total. The van der Waals surface area contributed by atoms with E-state index in [-0.39, 0.29) is 18.6 Å². The van der Waals surface area contributed by atoms with E-state index in [0.29, 0.717) is 19.3 Å². The zero-order valence-corrected chi connectivity index (χ0v) is 8.06. The molecule has 80 valence electrons. The Bertz CT molecular complexity index is 214. The first-order chi connectivity index (χ1) is 6.61. The van der Waals surface area contributed by atoms with Crippen molar-refractivity contribution < 1.29 is 19.7 Å². The van der Waals surface area contributed by atoms with Crippen LogP contribution in [0, 0.1) is 0 Å². The lowest BCUT2D eigenvalue weighted by Crippen LogP contribution is -2.36. The minimum atomic E-state index is -0.888. The quantitative estimate of drug-likeness (QED) is 0.663. The van der Waals surface area contributed by atoms with Crippen LogP contribution >= 0.6 is 0 Å². The number of carboxylic acids is 1. The molecule has 3 atom stereocenters. The molecule has 1 rings (SSSR count). The predicted octanol–water partition coefficient (Wildman–Crippen LogP) is 0.946. The number of ether oxygens (including phenoxy) is 1. The Morgan fingerprint density at radius 2 is 2.14 bits per heavy atom. The highest BCUT2D eigenvalue weighted by atomic mass is 16.5. The van der Waals surface area contributed by atoms with E-state index < -0.39 is 12.1 Å². The topological polar surface area (TPSA) is 66.8 Å². The van der Waals surface area contributed by atoms with Crippen molar-refractivity contribution in [2.45, 2.75) is 44.0 Å². The van der Waals surface area contributed by atoms with Crippen molar-refractivity contribution in [3.05, 3.63) is 12.7 Å². The Labute approximate surface area is 83.2 Å². The van der Waals surface area contributed by atoms with Crippen molar-refractivity contribution in [2.75, 3.05) is 0 Å². The number of carbonyl (C=O) groups is 1. The van der Waals surface area contributed by atoms with Crippen LogP contribution in [-0.4, -0.2) is 34.5 Å². The molecule has 0 amide bonds. The van der Waals surface area contributed by atoms with Crippen LogP contribution in [0.15, 0.2) is 12.7 Å². The molecule has 0 bridgehead atoms. The fraction of sp³-hybridized carbons (Fsp3) is 0.700. The third kappa shape index (κ3) is 3.47. The van der Waals surface area contributed by atoms with E-state index in [2.05, 4.69) is 6.58 Å². The van der Waals surface area contributed by atoms with Crippen LogP contribution in [0.25, 0.3) is 0 Å². The minimum absolute atomic E-state index is 0.0370. The standard InChI is InChI=1S/C10H16O4/c1-2-3-8-4-7(11)5-9(14-8)6-10(12)13/h2,7-9,11H,1,3-6H2,(H,12,13)/t7-,8+,9+/m0/s1. The van der Waals surface area contributed by atoms with Gasteiger partial charge in [-0.15, -0.1) is 6.58 Å². The first kappa shape index (κ1) is 11.2. The van der Waals surface area contributed by atoms with E-state index in [9.17, 15) is 9.90 Å². The second-order valence-electron chi connectivity index (χ2n) is 3.63. The predicted molar refractivity (Wildman–Crippen MR) is 51.0 cm³/mol. The summed E-state index contributed by atoms with van der Waals surface area (Å²) < 4.78 is 5.50. The second kappa shape index (κ2) is 5.12. The maximum atomic E-state index is 10.5. The smallest absolute Gasteiger partial charge is 0.305 e. The number of carboxylic acid groups (broad SMARTS) is 1. The maximum absolute atomic E-state index is 10.5. The molecule has 0 saturated carbocycles. The molecule has 1 aliphatic heterocycles. The lowest BCUT2D eigenvalue weighted by molar-refractivity contribution is -0.146. The van der Waals surface area contributed by atoms with Crippen LogP contribution in [-0.2, 0) is 9.53 Å². The summed E-state index contributed by atoms with van der Waals surface area (Å²) in [5, 5.41) is 18.1. The van der Waals surface area contributed by atoms with Crippen molar-refractivity contribution >= 4 is 5.97 Å². The van der Waals surface area contributed by atoms with Crippen LogP contribution < -0.4 is 0 Å². The van der Waals surface area contributed by atoms with Gasteiger partial charge in [-0.3, -0.25) is 4.79 Å². The number of aliphatic hydroxyl groups excluding tert-OH is 1. The molecule has 0 radical (unpaired) electrons. The van der Waals surface area contributed by atoms with Crippen LogP contribution in [0.4, 0.5) is 0 Å². The molecule has 0 aromatic heterocycles. The summed E-state index contributed by atoms with van der Waals surface area (Å²) >= 11 is 0. The van der Waals surface area contributed by atoms with Gasteiger partial charge in [0, 0.05) is 6.42 Å². The molecule has 4 heteroatoms. The van der Waals surface area contributed by atoms with Gasteiger partial charge in [-0.25, -0.2) is 0 Å². The van der Waals surface area contributed by atoms with Crippen LogP contribution in [0.2, 0.25) is 0 Å². The Morgan fingerprint density at radius 3 is 2.71 bits per heavy atom. The highest BCUT2D eigenvalue weighted by Crippen LogP contribution is 2.23. The summed E-state index contributed by atoms with van der Waals surface area (Å²) in [5.74, 6) is -0.888. The fourth-order valence-corrected chi connectivity index (χ4v) is 1.75. The monoisotopic (exact) mass is 200 g/mol. The molecule has 0 aromatic rings. The van der Waals surface area contributed by atoms with Gasteiger partial charge in [-0.2, -0.15) is 0 Å². The first-order valence-electron chi connectivity index (χ1n) is 4.78. The Balaban J connectivity index is 2.44. The summed E-state index contributed by atoms with van der Waals surface area (Å²) in [6.07, 6.45) is 2.44. The van der Waals surface area contributed by atoms with Crippen LogP contribution in [0.5, 0.6) is 0 Å². The molecule has 0 unspecified atom stereocenters. The first-order valence-corrected chi connectivity index (χ1v) is 4.78. The lowest BCUT2D eigenvalue weighted by Gasteiger charge is -2.32. The number of aliphatic hydroxyl groups is 1. The van der Waals surface area contributed by atoms with Crippen LogP contribution in [0.3, 0.4) is 0 Å². The highest BCUT2D eigenvalue weighted by molar-refractivity contribution is 5.67. The van der Waals surface area contributed by atoms with Gasteiger partial charge in [0.05, 0.1) is 24.7 Å². The molecule has 1 fully saturated rings. The van der Waals surface area contributed by atoms with E-state index in [1.54, 1.807) is 6.08 Å². The fourth-order valence-electron chi connectivity index (χ4n) is 1.75. The van der Waals surface area contributed by atoms with Gasteiger partial charge in [0.15, 0.2) is 0 Å². The van der Waals surface area contributed by atoms with E-state index in [1.165, 1.54) is 0 Å². The van der Waals surface area contributed by atoms with Gasteiger partial charge in [0.25, 0.3) is 0 Å².